The first kappa shape index (κ1) is 15.3. The number of carbonyl (C=O) groups is 1. The Kier molecular flexibility index (Phi) is 4.75. The fraction of sp³-hybridized carbons (Fsp3) is 0.375. The molecule has 5 heteroatoms. The summed E-state index contributed by atoms with van der Waals surface area (Å²) in [5, 5.41) is 7.27. The monoisotopic (exact) mass is 286 g/mol. The van der Waals surface area contributed by atoms with Gasteiger partial charge in [-0.15, -0.1) is 0 Å². The summed E-state index contributed by atoms with van der Waals surface area (Å²) in [6.45, 7) is 5.42. The van der Waals surface area contributed by atoms with Crippen molar-refractivity contribution in [3.05, 3.63) is 47.3 Å². The molecule has 0 saturated heterocycles. The number of aromatic nitrogens is 2. The summed E-state index contributed by atoms with van der Waals surface area (Å²) in [6.07, 6.45) is 0. The molecule has 0 aliphatic carbocycles. The predicted molar refractivity (Wildman–Crippen MR) is 83.9 cm³/mol. The number of rotatable bonds is 5. The number of amides is 1. The molecule has 1 heterocycles. The average molecular weight is 286 g/mol. The van der Waals surface area contributed by atoms with Crippen LogP contribution in [0.2, 0.25) is 0 Å². The number of aryl methyl sites for hydroxylation is 2. The number of likely N-dealkylation sites (N-methyl/N-ethyl adjacent to an activating group) is 1. The molecular formula is C16H22N4O. The van der Waals surface area contributed by atoms with Crippen LogP contribution in [0.3, 0.4) is 0 Å². The zero-order chi connectivity index (χ0) is 15.4. The van der Waals surface area contributed by atoms with Gasteiger partial charge >= 0.3 is 0 Å². The Hall–Kier alpha value is -2.14. The quantitative estimate of drug-likeness (QED) is 0.911. The molecule has 0 unspecified atom stereocenters. The summed E-state index contributed by atoms with van der Waals surface area (Å²) < 4.78 is 1.79. The first-order valence-electron chi connectivity index (χ1n) is 7.04. The summed E-state index contributed by atoms with van der Waals surface area (Å²) in [4.78, 5) is 14.1. The van der Waals surface area contributed by atoms with Gasteiger partial charge in [-0.05, 0) is 46.1 Å². The van der Waals surface area contributed by atoms with Crippen LogP contribution < -0.4 is 5.32 Å². The zero-order valence-electron chi connectivity index (χ0n) is 13.1. The molecule has 2 aromatic rings. The fourth-order valence-corrected chi connectivity index (χ4v) is 2.02. The van der Waals surface area contributed by atoms with E-state index in [2.05, 4.69) is 10.4 Å². The number of hydrogen-bond acceptors (Lipinski definition) is 3. The highest BCUT2D eigenvalue weighted by molar-refractivity contribution is 5.92. The van der Waals surface area contributed by atoms with Crippen molar-refractivity contribution in [2.24, 2.45) is 0 Å². The lowest BCUT2D eigenvalue weighted by Gasteiger charge is -2.09. The molecule has 2 rings (SSSR count). The van der Waals surface area contributed by atoms with Crippen molar-refractivity contribution in [2.75, 3.05) is 27.2 Å². The highest BCUT2D eigenvalue weighted by atomic mass is 16.1. The molecule has 0 radical (unpaired) electrons. The van der Waals surface area contributed by atoms with E-state index >= 15 is 0 Å². The Morgan fingerprint density at radius 2 is 1.90 bits per heavy atom. The molecule has 0 saturated carbocycles. The topological polar surface area (TPSA) is 50.2 Å². The smallest absolute Gasteiger partial charge is 0.271 e. The van der Waals surface area contributed by atoms with Crippen LogP contribution in [0.25, 0.3) is 5.69 Å². The van der Waals surface area contributed by atoms with Gasteiger partial charge in [-0.3, -0.25) is 4.79 Å². The lowest BCUT2D eigenvalue weighted by Crippen LogP contribution is -2.31. The summed E-state index contributed by atoms with van der Waals surface area (Å²) in [5.74, 6) is -0.134. The molecule has 112 valence electrons. The lowest BCUT2D eigenvalue weighted by molar-refractivity contribution is 0.0945. The molecule has 0 aliphatic rings. The summed E-state index contributed by atoms with van der Waals surface area (Å²) >= 11 is 0. The van der Waals surface area contributed by atoms with Crippen molar-refractivity contribution in [2.45, 2.75) is 13.8 Å². The van der Waals surface area contributed by atoms with E-state index < -0.39 is 0 Å². The standard InChI is InChI=1S/C16H22N4O/c1-12-5-7-14(8-6-12)20-13(2)11-15(18-20)16(21)17-9-10-19(3)4/h5-8,11H,9-10H2,1-4H3,(H,17,21). The van der Waals surface area contributed by atoms with Crippen molar-refractivity contribution in [1.82, 2.24) is 20.0 Å². The molecule has 0 atom stereocenters. The SMILES string of the molecule is Cc1ccc(-n2nc(C(=O)NCCN(C)C)cc2C)cc1. The minimum atomic E-state index is -0.134. The maximum atomic E-state index is 12.1. The van der Waals surface area contributed by atoms with E-state index in [-0.39, 0.29) is 5.91 Å². The number of nitrogens with one attached hydrogen (secondary N) is 1. The van der Waals surface area contributed by atoms with Gasteiger partial charge in [-0.25, -0.2) is 4.68 Å². The highest BCUT2D eigenvalue weighted by Gasteiger charge is 2.12. The van der Waals surface area contributed by atoms with Crippen LogP contribution >= 0.6 is 0 Å². The first-order valence-corrected chi connectivity index (χ1v) is 7.04. The van der Waals surface area contributed by atoms with E-state index in [0.29, 0.717) is 12.2 Å². The van der Waals surface area contributed by atoms with E-state index in [9.17, 15) is 4.79 Å². The van der Waals surface area contributed by atoms with E-state index in [4.69, 9.17) is 0 Å². The molecule has 1 N–H and O–H groups in total. The minimum Gasteiger partial charge on any atom is -0.349 e. The summed E-state index contributed by atoms with van der Waals surface area (Å²) in [6, 6.07) is 9.89. The number of hydrogen-bond donors (Lipinski definition) is 1. The largest absolute Gasteiger partial charge is 0.349 e. The summed E-state index contributed by atoms with van der Waals surface area (Å²) in [7, 11) is 3.95. The normalized spacial score (nSPS) is 10.9. The second-order valence-electron chi connectivity index (χ2n) is 5.48. The summed E-state index contributed by atoms with van der Waals surface area (Å²) in [5.41, 5.74) is 3.55. The lowest BCUT2D eigenvalue weighted by atomic mass is 10.2. The number of carbonyl (C=O) groups excluding carboxylic acids is 1. The van der Waals surface area contributed by atoms with Gasteiger partial charge in [0.25, 0.3) is 5.91 Å². The van der Waals surface area contributed by atoms with E-state index in [0.717, 1.165) is 17.9 Å². The number of nitrogens with zero attached hydrogens (tertiary/aromatic N) is 3. The Morgan fingerprint density at radius 3 is 2.52 bits per heavy atom. The average Bonchev–Trinajstić information content (AvgIpc) is 2.81. The van der Waals surface area contributed by atoms with Gasteiger partial charge in [0.2, 0.25) is 0 Å². The third kappa shape index (κ3) is 3.92. The molecule has 0 spiro atoms. The molecule has 1 amide bonds. The Morgan fingerprint density at radius 1 is 1.24 bits per heavy atom. The van der Waals surface area contributed by atoms with Crippen LogP contribution in [0.4, 0.5) is 0 Å². The molecule has 1 aromatic carbocycles. The Bertz CT molecular complexity index is 614. The highest BCUT2D eigenvalue weighted by Crippen LogP contribution is 2.13. The third-order valence-electron chi connectivity index (χ3n) is 3.24. The van der Waals surface area contributed by atoms with Gasteiger partial charge in [-0.2, -0.15) is 5.10 Å². The van der Waals surface area contributed by atoms with Crippen molar-refractivity contribution in [3.8, 4) is 5.69 Å². The van der Waals surface area contributed by atoms with Gasteiger partial charge in [0.15, 0.2) is 5.69 Å². The van der Waals surface area contributed by atoms with Crippen LogP contribution in [-0.2, 0) is 0 Å². The molecule has 0 bridgehead atoms. The maximum absolute atomic E-state index is 12.1. The van der Waals surface area contributed by atoms with Crippen LogP contribution in [0, 0.1) is 13.8 Å². The Labute approximate surface area is 125 Å². The fourth-order valence-electron chi connectivity index (χ4n) is 2.02. The number of benzene rings is 1. The second kappa shape index (κ2) is 6.54. The molecule has 0 aliphatic heterocycles. The van der Waals surface area contributed by atoms with Crippen molar-refractivity contribution >= 4 is 5.91 Å². The minimum absolute atomic E-state index is 0.134. The van der Waals surface area contributed by atoms with Crippen molar-refractivity contribution < 1.29 is 4.79 Å². The van der Waals surface area contributed by atoms with Gasteiger partial charge in [-0.1, -0.05) is 17.7 Å². The Balaban J connectivity index is 2.11. The second-order valence-corrected chi connectivity index (χ2v) is 5.48. The molecule has 1 aromatic heterocycles. The van der Waals surface area contributed by atoms with Crippen molar-refractivity contribution in [3.63, 3.8) is 0 Å². The van der Waals surface area contributed by atoms with Crippen LogP contribution in [0.1, 0.15) is 21.7 Å². The van der Waals surface area contributed by atoms with Crippen LogP contribution in [0.15, 0.2) is 30.3 Å². The van der Waals surface area contributed by atoms with Crippen LogP contribution in [-0.4, -0.2) is 47.8 Å². The van der Waals surface area contributed by atoms with Gasteiger partial charge in [0, 0.05) is 18.8 Å². The van der Waals surface area contributed by atoms with Gasteiger partial charge in [0.05, 0.1) is 5.69 Å². The molecule has 0 fully saturated rings. The molecule has 21 heavy (non-hydrogen) atoms. The molecule has 5 nitrogen and oxygen atoms in total. The third-order valence-corrected chi connectivity index (χ3v) is 3.24. The van der Waals surface area contributed by atoms with Crippen molar-refractivity contribution in [1.29, 1.82) is 0 Å². The first-order chi connectivity index (χ1) is 9.97. The maximum Gasteiger partial charge on any atom is 0.271 e. The molecular weight excluding hydrogens is 264 g/mol. The van der Waals surface area contributed by atoms with E-state index in [1.807, 2.05) is 63.2 Å². The van der Waals surface area contributed by atoms with Gasteiger partial charge < -0.3 is 10.2 Å². The van der Waals surface area contributed by atoms with E-state index in [1.54, 1.807) is 4.68 Å². The van der Waals surface area contributed by atoms with Gasteiger partial charge in [0.1, 0.15) is 0 Å². The van der Waals surface area contributed by atoms with Crippen LogP contribution in [0.5, 0.6) is 0 Å². The predicted octanol–water partition coefficient (Wildman–Crippen LogP) is 1.78. The van der Waals surface area contributed by atoms with E-state index in [1.165, 1.54) is 5.56 Å². The zero-order valence-corrected chi connectivity index (χ0v) is 13.1.